The lowest BCUT2D eigenvalue weighted by Gasteiger charge is -2.44. The molecule has 2 heterocycles. The Labute approximate surface area is 182 Å². The first kappa shape index (κ1) is 22.7. The Kier molecular flexibility index (Phi) is 6.57. The van der Waals surface area contributed by atoms with E-state index in [1.807, 2.05) is 6.92 Å². The van der Waals surface area contributed by atoms with Crippen molar-refractivity contribution >= 4 is 17.7 Å². The van der Waals surface area contributed by atoms with Gasteiger partial charge in [0.15, 0.2) is 5.82 Å². The van der Waals surface area contributed by atoms with Crippen LogP contribution < -0.4 is 4.90 Å². The molecular weight excluding hydrogens is 399 g/mol. The average Bonchev–Trinajstić information content (AvgIpc) is 2.67. The zero-order valence-corrected chi connectivity index (χ0v) is 18.5. The summed E-state index contributed by atoms with van der Waals surface area (Å²) in [5.74, 6) is 0.335. The van der Waals surface area contributed by atoms with Crippen molar-refractivity contribution in [3.8, 4) is 0 Å². The molecule has 0 atom stereocenters. The van der Waals surface area contributed by atoms with Gasteiger partial charge in [0.1, 0.15) is 22.9 Å². The predicted octanol–water partition coefficient (Wildman–Crippen LogP) is 4.88. The number of anilines is 1. The topological polar surface area (TPSA) is 77.4 Å². The molecule has 2 aromatic rings. The van der Waals surface area contributed by atoms with E-state index in [-0.39, 0.29) is 12.4 Å². The van der Waals surface area contributed by atoms with E-state index >= 15 is 0 Å². The maximum absolute atomic E-state index is 14.6. The van der Waals surface area contributed by atoms with Gasteiger partial charge in [0.2, 0.25) is 0 Å². The molecule has 31 heavy (non-hydrogen) atoms. The number of carbonyl (C=O) groups is 1. The van der Waals surface area contributed by atoms with E-state index in [1.165, 1.54) is 11.0 Å². The maximum atomic E-state index is 14.6. The van der Waals surface area contributed by atoms with Gasteiger partial charge < -0.3 is 9.47 Å². The van der Waals surface area contributed by atoms with Crippen molar-refractivity contribution in [1.82, 2.24) is 15.2 Å². The van der Waals surface area contributed by atoms with Crippen molar-refractivity contribution in [3.05, 3.63) is 54.2 Å². The van der Waals surface area contributed by atoms with Crippen molar-refractivity contribution in [2.75, 3.05) is 18.1 Å². The molecule has 0 unspecified atom stereocenters. The predicted molar refractivity (Wildman–Crippen MR) is 116 cm³/mol. The Morgan fingerprint density at radius 2 is 2.00 bits per heavy atom. The molecule has 3 rings (SSSR count). The van der Waals surface area contributed by atoms with Gasteiger partial charge in [0.25, 0.3) is 0 Å². The third-order valence-electron chi connectivity index (χ3n) is 5.18. The van der Waals surface area contributed by atoms with Gasteiger partial charge in [-0.3, -0.25) is 9.88 Å². The first-order valence-electron chi connectivity index (χ1n) is 10.4. The highest BCUT2D eigenvalue weighted by atomic mass is 19.1. The fourth-order valence-corrected chi connectivity index (χ4v) is 3.57. The number of hydrogen-bond acceptors (Lipinski definition) is 6. The van der Waals surface area contributed by atoms with E-state index in [0.29, 0.717) is 42.4 Å². The minimum Gasteiger partial charge on any atom is -0.492 e. The molecule has 1 aliphatic carbocycles. The largest absolute Gasteiger partial charge is 0.492 e. The summed E-state index contributed by atoms with van der Waals surface area (Å²) in [5.41, 5.74) is -0.458. The second-order valence-corrected chi connectivity index (χ2v) is 8.67. The number of nitrogens with zero attached hydrogens (tertiary/aromatic N) is 4. The Morgan fingerprint density at radius 3 is 2.52 bits per heavy atom. The van der Waals surface area contributed by atoms with E-state index in [2.05, 4.69) is 21.8 Å². The highest BCUT2D eigenvalue weighted by molar-refractivity contribution is 5.87. The van der Waals surface area contributed by atoms with Gasteiger partial charge in [-0.15, -0.1) is 10.2 Å². The van der Waals surface area contributed by atoms with Gasteiger partial charge in [-0.2, -0.15) is 0 Å². The molecule has 1 saturated carbocycles. The van der Waals surface area contributed by atoms with Crippen LogP contribution in [0.15, 0.2) is 37.0 Å². The molecule has 0 saturated heterocycles. The Hall–Kier alpha value is -3.03. The minimum absolute atomic E-state index is 0.191. The average molecular weight is 429 g/mol. The number of rotatable bonds is 7. The van der Waals surface area contributed by atoms with Crippen LogP contribution in [0.1, 0.15) is 58.3 Å². The second kappa shape index (κ2) is 8.99. The van der Waals surface area contributed by atoms with Gasteiger partial charge in [-0.25, -0.2) is 9.18 Å². The van der Waals surface area contributed by atoms with E-state index in [0.717, 1.165) is 6.42 Å². The van der Waals surface area contributed by atoms with Crippen molar-refractivity contribution < 1.29 is 18.7 Å². The third kappa shape index (κ3) is 5.18. The van der Waals surface area contributed by atoms with Gasteiger partial charge in [0.05, 0.1) is 12.3 Å². The summed E-state index contributed by atoms with van der Waals surface area (Å²) >= 11 is 0. The van der Waals surface area contributed by atoms with Gasteiger partial charge in [0, 0.05) is 18.2 Å². The van der Waals surface area contributed by atoms with Crippen molar-refractivity contribution in [2.45, 2.75) is 58.0 Å². The lowest BCUT2D eigenvalue weighted by atomic mass is 9.66. The van der Waals surface area contributed by atoms with Crippen LogP contribution >= 0.6 is 0 Å². The number of halogens is 1. The molecule has 8 heteroatoms. The van der Waals surface area contributed by atoms with Gasteiger partial charge in [-0.05, 0) is 64.8 Å². The molecule has 1 fully saturated rings. The molecular formula is C23H29FN4O3. The molecule has 0 aromatic carbocycles. The van der Waals surface area contributed by atoms with Crippen molar-refractivity contribution in [2.24, 2.45) is 0 Å². The molecule has 0 spiro atoms. The first-order chi connectivity index (χ1) is 14.6. The van der Waals surface area contributed by atoms with Crippen molar-refractivity contribution in [3.63, 3.8) is 0 Å². The fourth-order valence-electron chi connectivity index (χ4n) is 3.57. The molecule has 0 N–H and O–H groups in total. The van der Waals surface area contributed by atoms with E-state index < -0.39 is 17.1 Å². The smallest absolute Gasteiger partial charge is 0.416 e. The second-order valence-electron chi connectivity index (χ2n) is 8.67. The van der Waals surface area contributed by atoms with Crippen LogP contribution in [-0.2, 0) is 14.9 Å². The van der Waals surface area contributed by atoms with Gasteiger partial charge in [-0.1, -0.05) is 13.0 Å². The number of carbonyl (C=O) groups excluding carboxylic acids is 1. The fraction of sp³-hybridized carbons (Fsp3) is 0.478. The van der Waals surface area contributed by atoms with E-state index in [4.69, 9.17) is 9.47 Å². The lowest BCUT2D eigenvalue weighted by Crippen LogP contribution is -2.50. The molecule has 1 amide bonds. The Morgan fingerprint density at radius 1 is 1.26 bits per heavy atom. The zero-order chi connectivity index (χ0) is 22.6. The molecule has 0 radical (unpaired) electrons. The number of amides is 1. The summed E-state index contributed by atoms with van der Waals surface area (Å²) in [4.78, 5) is 18.8. The Bertz CT molecular complexity index is 937. The van der Waals surface area contributed by atoms with Crippen LogP contribution in [0.25, 0.3) is 5.76 Å². The summed E-state index contributed by atoms with van der Waals surface area (Å²) in [6.07, 6.45) is 3.36. The third-order valence-corrected chi connectivity index (χ3v) is 5.18. The van der Waals surface area contributed by atoms with Crippen LogP contribution in [0, 0.1) is 5.82 Å². The highest BCUT2D eigenvalue weighted by Gasteiger charge is 2.45. The molecule has 0 bridgehead atoms. The SMILES string of the molecule is C=C(OCC)c1ccc(N(CC2(c3ncccc3F)CCC2)C(=O)OC(C)(C)C)nn1. The monoisotopic (exact) mass is 428 g/mol. The number of aromatic nitrogens is 3. The highest BCUT2D eigenvalue weighted by Crippen LogP contribution is 2.45. The zero-order valence-electron chi connectivity index (χ0n) is 18.5. The van der Waals surface area contributed by atoms with Crippen LogP contribution in [0.2, 0.25) is 0 Å². The van der Waals surface area contributed by atoms with Crippen LogP contribution in [0.5, 0.6) is 0 Å². The molecule has 7 nitrogen and oxygen atoms in total. The van der Waals surface area contributed by atoms with E-state index in [9.17, 15) is 9.18 Å². The number of pyridine rings is 1. The molecule has 1 aliphatic rings. The summed E-state index contributed by atoms with van der Waals surface area (Å²) in [6.45, 7) is 11.7. The normalized spacial score (nSPS) is 15.0. The standard InChI is InChI=1S/C23H29FN4O3/c1-6-30-16(2)18-10-11-19(27-26-18)28(21(29)31-22(3,4)5)15-23(12-8-13-23)20-17(24)9-7-14-25-20/h7,9-11,14H,2,6,8,12-13,15H2,1,3-5H3. The summed E-state index contributed by atoms with van der Waals surface area (Å²) in [6, 6.07) is 6.31. The summed E-state index contributed by atoms with van der Waals surface area (Å²) in [5, 5.41) is 8.36. The molecule has 0 aliphatic heterocycles. The first-order valence-corrected chi connectivity index (χ1v) is 10.4. The van der Waals surface area contributed by atoms with Crippen LogP contribution in [-0.4, -0.2) is 40.0 Å². The van der Waals surface area contributed by atoms with Crippen molar-refractivity contribution in [1.29, 1.82) is 0 Å². The van der Waals surface area contributed by atoms with Crippen LogP contribution in [0.4, 0.5) is 15.0 Å². The Balaban J connectivity index is 1.94. The molecule has 2 aromatic heterocycles. The minimum atomic E-state index is -0.699. The number of ether oxygens (including phenoxy) is 2. The quantitative estimate of drug-likeness (QED) is 0.585. The molecule has 166 valence electrons. The van der Waals surface area contributed by atoms with E-state index in [1.54, 1.807) is 45.2 Å². The van der Waals surface area contributed by atoms with Gasteiger partial charge >= 0.3 is 6.09 Å². The summed E-state index contributed by atoms with van der Waals surface area (Å²) in [7, 11) is 0. The lowest BCUT2D eigenvalue weighted by molar-refractivity contribution is 0.0557. The number of hydrogen-bond donors (Lipinski definition) is 0. The summed E-state index contributed by atoms with van der Waals surface area (Å²) < 4.78 is 25.6. The maximum Gasteiger partial charge on any atom is 0.416 e. The van der Waals surface area contributed by atoms with Crippen LogP contribution in [0.3, 0.4) is 0 Å².